The van der Waals surface area contributed by atoms with E-state index in [-0.39, 0.29) is 6.04 Å². The Kier molecular flexibility index (Phi) is 4.07. The minimum atomic E-state index is -1.41. The average Bonchev–Trinajstić information content (AvgIpc) is 2.86. The van der Waals surface area contributed by atoms with E-state index in [0.717, 1.165) is 37.0 Å². The van der Waals surface area contributed by atoms with Crippen LogP contribution >= 0.6 is 0 Å². The van der Waals surface area contributed by atoms with E-state index in [2.05, 4.69) is 11.4 Å². The highest BCUT2D eigenvalue weighted by Crippen LogP contribution is 2.31. The van der Waals surface area contributed by atoms with Crippen LogP contribution in [0.2, 0.25) is 0 Å². The Bertz CT molecular complexity index is 445. The zero-order valence-corrected chi connectivity index (χ0v) is 10.3. The average molecular weight is 255 g/mol. The molecule has 1 aromatic rings. The zero-order valence-electron chi connectivity index (χ0n) is 10.3. The van der Waals surface area contributed by atoms with Crippen molar-refractivity contribution in [2.75, 3.05) is 6.54 Å². The molecule has 0 heterocycles. The highest BCUT2D eigenvalue weighted by atomic mass is 19.2. The third kappa shape index (κ3) is 2.58. The molecule has 1 aliphatic rings. The lowest BCUT2D eigenvalue weighted by atomic mass is 9.97. The molecule has 0 aromatic heterocycles. The molecule has 0 amide bonds. The molecule has 1 aromatic carbocycles. The lowest BCUT2D eigenvalue weighted by molar-refractivity contribution is 0.442. The molecule has 1 N–H and O–H groups in total. The quantitative estimate of drug-likeness (QED) is 0.636. The van der Waals surface area contributed by atoms with E-state index in [9.17, 15) is 13.2 Å². The van der Waals surface area contributed by atoms with Crippen molar-refractivity contribution in [3.05, 3.63) is 46.8 Å². The van der Waals surface area contributed by atoms with E-state index in [4.69, 9.17) is 0 Å². The lowest BCUT2D eigenvalue weighted by Crippen LogP contribution is -2.22. The van der Waals surface area contributed by atoms with Crippen LogP contribution in [0, 0.1) is 17.5 Å². The first-order valence-corrected chi connectivity index (χ1v) is 6.20. The van der Waals surface area contributed by atoms with Gasteiger partial charge in [-0.15, -0.1) is 0 Å². The fourth-order valence-corrected chi connectivity index (χ4v) is 2.37. The Hall–Kier alpha value is -1.29. The maximum Gasteiger partial charge on any atom is 0.194 e. The van der Waals surface area contributed by atoms with Crippen molar-refractivity contribution < 1.29 is 13.2 Å². The molecular formula is C14H16F3N. The highest BCUT2D eigenvalue weighted by molar-refractivity contribution is 5.31. The molecule has 0 aliphatic heterocycles. The van der Waals surface area contributed by atoms with Crippen LogP contribution in [0.3, 0.4) is 0 Å². The Balaban J connectivity index is 2.36. The predicted molar refractivity (Wildman–Crippen MR) is 64.7 cm³/mol. The van der Waals surface area contributed by atoms with Gasteiger partial charge in [-0.05, 0) is 43.5 Å². The van der Waals surface area contributed by atoms with Gasteiger partial charge in [-0.2, -0.15) is 0 Å². The fraction of sp³-hybridized carbons (Fsp3) is 0.429. The fourth-order valence-electron chi connectivity index (χ4n) is 2.37. The van der Waals surface area contributed by atoms with Gasteiger partial charge in [0, 0.05) is 0 Å². The summed E-state index contributed by atoms with van der Waals surface area (Å²) in [4.78, 5) is 0. The summed E-state index contributed by atoms with van der Waals surface area (Å²) < 4.78 is 39.5. The van der Waals surface area contributed by atoms with E-state index in [1.165, 1.54) is 0 Å². The van der Waals surface area contributed by atoms with Gasteiger partial charge in [-0.1, -0.05) is 18.6 Å². The Labute approximate surface area is 105 Å². The number of halogens is 3. The summed E-state index contributed by atoms with van der Waals surface area (Å²) in [6.45, 7) is 2.61. The zero-order chi connectivity index (χ0) is 13.1. The summed E-state index contributed by atoms with van der Waals surface area (Å²) in [6, 6.07) is 1.93. The molecule has 1 atom stereocenters. The monoisotopic (exact) mass is 255 g/mol. The molecule has 0 saturated carbocycles. The van der Waals surface area contributed by atoms with Crippen LogP contribution in [0.1, 0.15) is 37.8 Å². The van der Waals surface area contributed by atoms with Crippen molar-refractivity contribution in [2.45, 2.75) is 32.2 Å². The maximum atomic E-state index is 13.3. The van der Waals surface area contributed by atoms with Gasteiger partial charge in [0.15, 0.2) is 17.5 Å². The normalized spacial score (nSPS) is 16.8. The second-order valence-corrected chi connectivity index (χ2v) is 4.46. The van der Waals surface area contributed by atoms with E-state index in [1.54, 1.807) is 0 Å². The molecule has 18 heavy (non-hydrogen) atoms. The maximum absolute atomic E-state index is 13.3. The van der Waals surface area contributed by atoms with Crippen molar-refractivity contribution >= 4 is 0 Å². The largest absolute Gasteiger partial charge is 0.307 e. The number of rotatable bonds is 4. The first kappa shape index (κ1) is 13.1. The molecule has 98 valence electrons. The number of likely N-dealkylation sites (N-methyl/N-ethyl adjacent to an activating group) is 1. The molecule has 1 nitrogen and oxygen atoms in total. The Morgan fingerprint density at radius 2 is 1.89 bits per heavy atom. The molecule has 1 aliphatic carbocycles. The van der Waals surface area contributed by atoms with Gasteiger partial charge in [0.05, 0.1) is 6.04 Å². The number of allylic oxidation sites excluding steroid dienone is 1. The minimum absolute atomic E-state index is 0.220. The first-order chi connectivity index (χ1) is 8.63. The van der Waals surface area contributed by atoms with Gasteiger partial charge in [0.2, 0.25) is 0 Å². The van der Waals surface area contributed by atoms with Gasteiger partial charge in [-0.25, -0.2) is 13.2 Å². The highest BCUT2D eigenvalue weighted by Gasteiger charge is 2.21. The molecule has 2 rings (SSSR count). The molecule has 4 heteroatoms. The van der Waals surface area contributed by atoms with Crippen molar-refractivity contribution in [2.24, 2.45) is 0 Å². The molecule has 1 unspecified atom stereocenters. The minimum Gasteiger partial charge on any atom is -0.307 e. The molecule has 0 radical (unpaired) electrons. The second kappa shape index (κ2) is 5.57. The SMILES string of the molecule is CCNC(C1=CCCC1)c1cc(F)c(F)c(F)c1. The van der Waals surface area contributed by atoms with E-state index in [1.807, 2.05) is 6.92 Å². The number of hydrogen-bond donors (Lipinski definition) is 1. The van der Waals surface area contributed by atoms with Crippen molar-refractivity contribution in [1.82, 2.24) is 5.32 Å². The summed E-state index contributed by atoms with van der Waals surface area (Å²) in [5.74, 6) is -3.67. The summed E-state index contributed by atoms with van der Waals surface area (Å²) in [5, 5.41) is 3.19. The van der Waals surface area contributed by atoms with Crippen molar-refractivity contribution in [1.29, 1.82) is 0 Å². The number of benzene rings is 1. The van der Waals surface area contributed by atoms with Crippen LogP contribution in [0.25, 0.3) is 0 Å². The third-order valence-corrected chi connectivity index (χ3v) is 3.19. The molecule has 0 spiro atoms. The van der Waals surface area contributed by atoms with E-state index < -0.39 is 17.5 Å². The van der Waals surface area contributed by atoms with Crippen molar-refractivity contribution in [3.8, 4) is 0 Å². The van der Waals surface area contributed by atoms with Gasteiger partial charge in [-0.3, -0.25) is 0 Å². The summed E-state index contributed by atoms with van der Waals surface area (Å²) >= 11 is 0. The van der Waals surface area contributed by atoms with Crippen molar-refractivity contribution in [3.63, 3.8) is 0 Å². The summed E-state index contributed by atoms with van der Waals surface area (Å²) in [6.07, 6.45) is 5.05. The third-order valence-electron chi connectivity index (χ3n) is 3.19. The summed E-state index contributed by atoms with van der Waals surface area (Å²) in [5.41, 5.74) is 1.57. The topological polar surface area (TPSA) is 12.0 Å². The van der Waals surface area contributed by atoms with Crippen LogP contribution < -0.4 is 5.32 Å². The number of hydrogen-bond acceptors (Lipinski definition) is 1. The van der Waals surface area contributed by atoms with Gasteiger partial charge < -0.3 is 5.32 Å². The van der Waals surface area contributed by atoms with Crippen LogP contribution in [-0.2, 0) is 0 Å². The van der Waals surface area contributed by atoms with Crippen LogP contribution in [0.5, 0.6) is 0 Å². The van der Waals surface area contributed by atoms with Gasteiger partial charge in [0.25, 0.3) is 0 Å². The predicted octanol–water partition coefficient (Wildman–Crippen LogP) is 3.86. The van der Waals surface area contributed by atoms with E-state index >= 15 is 0 Å². The van der Waals surface area contributed by atoms with Crippen LogP contribution in [0.15, 0.2) is 23.8 Å². The lowest BCUT2D eigenvalue weighted by Gasteiger charge is -2.20. The number of nitrogens with one attached hydrogen (secondary N) is 1. The van der Waals surface area contributed by atoms with Crippen LogP contribution in [0.4, 0.5) is 13.2 Å². The first-order valence-electron chi connectivity index (χ1n) is 6.20. The molecular weight excluding hydrogens is 239 g/mol. The Morgan fingerprint density at radius 3 is 2.39 bits per heavy atom. The Morgan fingerprint density at radius 1 is 1.22 bits per heavy atom. The standard InChI is InChI=1S/C14H16F3N/c1-2-18-14(9-5-3-4-6-9)10-7-11(15)13(17)12(16)8-10/h5,7-8,14,18H,2-4,6H2,1H3. The molecule has 0 saturated heterocycles. The molecule has 0 bridgehead atoms. The van der Waals surface area contributed by atoms with Gasteiger partial charge in [0.1, 0.15) is 0 Å². The van der Waals surface area contributed by atoms with Crippen LogP contribution in [-0.4, -0.2) is 6.54 Å². The second-order valence-electron chi connectivity index (χ2n) is 4.46. The van der Waals surface area contributed by atoms with E-state index in [0.29, 0.717) is 12.1 Å². The molecule has 0 fully saturated rings. The smallest absolute Gasteiger partial charge is 0.194 e. The summed E-state index contributed by atoms with van der Waals surface area (Å²) in [7, 11) is 0. The van der Waals surface area contributed by atoms with Gasteiger partial charge >= 0.3 is 0 Å².